The number of hydrogen-bond acceptors (Lipinski definition) is 6. The maximum absolute atomic E-state index is 10.8. The Kier molecular flexibility index (Phi) is 4.76. The van der Waals surface area contributed by atoms with E-state index in [-0.39, 0.29) is 11.6 Å². The number of hydrogen-bond donors (Lipinski definition) is 0. The first-order valence-corrected chi connectivity index (χ1v) is 7.55. The van der Waals surface area contributed by atoms with Gasteiger partial charge in [-0.1, -0.05) is 28.9 Å². The molecule has 0 spiro atoms. The molecule has 0 atom stereocenters. The maximum atomic E-state index is 10.8. The van der Waals surface area contributed by atoms with Crippen LogP contribution in [0.3, 0.4) is 0 Å². The minimum absolute atomic E-state index is 0.0111. The number of rotatable bonds is 5. The van der Waals surface area contributed by atoms with Gasteiger partial charge in [0.05, 0.1) is 17.6 Å². The smallest absolute Gasteiger partial charge is 0.270 e. The number of benzene rings is 2. The van der Waals surface area contributed by atoms with E-state index < -0.39 is 4.92 Å². The largest absolute Gasteiger partial charge is 0.496 e. The van der Waals surface area contributed by atoms with Gasteiger partial charge in [0, 0.05) is 23.2 Å². The predicted octanol–water partition coefficient (Wildman–Crippen LogP) is 4.48. The zero-order chi connectivity index (χ0) is 17.8. The molecule has 0 aliphatic heterocycles. The van der Waals surface area contributed by atoms with E-state index in [1.54, 1.807) is 42.5 Å². The fraction of sp³-hybridized carbons (Fsp3) is 0.0588. The Morgan fingerprint density at radius 3 is 2.84 bits per heavy atom. The van der Waals surface area contributed by atoms with Crippen molar-refractivity contribution < 1.29 is 14.2 Å². The summed E-state index contributed by atoms with van der Waals surface area (Å²) in [5, 5.41) is 15.2. The maximum Gasteiger partial charge on any atom is 0.270 e. The molecule has 0 aliphatic carbocycles. The second-order valence-electron chi connectivity index (χ2n) is 4.99. The zero-order valence-corrected chi connectivity index (χ0v) is 13.8. The van der Waals surface area contributed by atoms with Gasteiger partial charge in [-0.2, -0.15) is 4.98 Å². The van der Waals surface area contributed by atoms with Crippen LogP contribution < -0.4 is 4.74 Å². The van der Waals surface area contributed by atoms with E-state index in [2.05, 4.69) is 10.1 Å². The van der Waals surface area contributed by atoms with Crippen molar-refractivity contribution in [2.75, 3.05) is 7.11 Å². The van der Waals surface area contributed by atoms with Crippen molar-refractivity contribution in [3.05, 3.63) is 69.1 Å². The summed E-state index contributed by atoms with van der Waals surface area (Å²) in [7, 11) is 1.54. The molecular formula is C17H12ClN3O4. The van der Waals surface area contributed by atoms with E-state index >= 15 is 0 Å². The summed E-state index contributed by atoms with van der Waals surface area (Å²) >= 11 is 6.00. The molecule has 0 bridgehead atoms. The number of aromatic nitrogens is 2. The minimum Gasteiger partial charge on any atom is -0.496 e. The highest BCUT2D eigenvalue weighted by Crippen LogP contribution is 2.30. The molecule has 0 fully saturated rings. The Morgan fingerprint density at radius 1 is 1.24 bits per heavy atom. The summed E-state index contributed by atoms with van der Waals surface area (Å²) in [5.74, 6) is 1.15. The number of nitro benzene ring substituents is 1. The van der Waals surface area contributed by atoms with Crippen LogP contribution in [-0.2, 0) is 0 Å². The molecule has 0 amide bonds. The Balaban J connectivity index is 1.86. The molecule has 0 unspecified atom stereocenters. The lowest BCUT2D eigenvalue weighted by atomic mass is 10.2. The summed E-state index contributed by atoms with van der Waals surface area (Å²) < 4.78 is 10.4. The molecule has 7 nitrogen and oxygen atoms in total. The molecule has 126 valence electrons. The molecule has 3 aromatic rings. The molecule has 0 saturated carbocycles. The summed E-state index contributed by atoms with van der Waals surface area (Å²) in [4.78, 5) is 14.6. The first-order chi connectivity index (χ1) is 12.1. The second kappa shape index (κ2) is 7.14. The average molecular weight is 358 g/mol. The normalized spacial score (nSPS) is 11.0. The van der Waals surface area contributed by atoms with Gasteiger partial charge in [0.15, 0.2) is 0 Å². The van der Waals surface area contributed by atoms with Gasteiger partial charge in [0.2, 0.25) is 5.82 Å². The molecule has 0 saturated heterocycles. The molecule has 8 heteroatoms. The third-order valence-electron chi connectivity index (χ3n) is 3.34. The van der Waals surface area contributed by atoms with Crippen molar-refractivity contribution in [3.8, 4) is 17.1 Å². The fourth-order valence-corrected chi connectivity index (χ4v) is 2.35. The zero-order valence-electron chi connectivity index (χ0n) is 13.0. The molecule has 1 heterocycles. The van der Waals surface area contributed by atoms with Gasteiger partial charge < -0.3 is 9.26 Å². The Labute approximate surface area is 147 Å². The first-order valence-electron chi connectivity index (χ1n) is 7.17. The Morgan fingerprint density at radius 2 is 2.08 bits per heavy atom. The van der Waals surface area contributed by atoms with E-state index in [9.17, 15) is 10.1 Å². The molecule has 1 aromatic heterocycles. The molecule has 2 aromatic carbocycles. The monoisotopic (exact) mass is 357 g/mol. The van der Waals surface area contributed by atoms with Gasteiger partial charge in [0.1, 0.15) is 5.75 Å². The topological polar surface area (TPSA) is 91.3 Å². The van der Waals surface area contributed by atoms with Crippen LogP contribution >= 0.6 is 11.6 Å². The standard InChI is InChI=1S/C17H12ClN3O4/c1-24-15-7-6-12(18)10-14(15)17-19-16(25-20-17)8-5-11-3-2-4-13(9-11)21(22)23/h2-10H,1H3/b8-5-. The summed E-state index contributed by atoms with van der Waals surface area (Å²) in [6.07, 6.45) is 3.23. The van der Waals surface area contributed by atoms with Crippen LogP contribution in [0.5, 0.6) is 5.75 Å². The lowest BCUT2D eigenvalue weighted by Crippen LogP contribution is -1.89. The molecule has 0 aliphatic rings. The number of nitrogens with zero attached hydrogens (tertiary/aromatic N) is 3. The van der Waals surface area contributed by atoms with Crippen molar-refractivity contribution >= 4 is 29.4 Å². The molecule has 0 N–H and O–H groups in total. The van der Waals surface area contributed by atoms with E-state index in [0.717, 1.165) is 0 Å². The summed E-state index contributed by atoms with van der Waals surface area (Å²) in [6, 6.07) is 11.3. The number of ether oxygens (including phenoxy) is 1. The highest BCUT2D eigenvalue weighted by atomic mass is 35.5. The van der Waals surface area contributed by atoms with Crippen LogP contribution in [0.2, 0.25) is 5.02 Å². The van der Waals surface area contributed by atoms with Crippen LogP contribution in [0.15, 0.2) is 47.0 Å². The van der Waals surface area contributed by atoms with Crippen molar-refractivity contribution in [2.45, 2.75) is 0 Å². The number of non-ortho nitro benzene ring substituents is 1. The van der Waals surface area contributed by atoms with Crippen molar-refractivity contribution in [1.82, 2.24) is 10.1 Å². The highest BCUT2D eigenvalue weighted by molar-refractivity contribution is 6.30. The third kappa shape index (κ3) is 3.84. The average Bonchev–Trinajstić information content (AvgIpc) is 3.09. The van der Waals surface area contributed by atoms with E-state index in [4.69, 9.17) is 20.9 Å². The SMILES string of the molecule is COc1ccc(Cl)cc1-c1noc(/C=C\c2cccc([N+](=O)[O-])c2)n1. The molecule has 3 rings (SSSR count). The quantitative estimate of drug-likeness (QED) is 0.494. The van der Waals surface area contributed by atoms with Gasteiger partial charge in [-0.15, -0.1) is 0 Å². The van der Waals surface area contributed by atoms with Gasteiger partial charge >= 0.3 is 0 Å². The number of halogens is 1. The second-order valence-corrected chi connectivity index (χ2v) is 5.42. The number of methoxy groups -OCH3 is 1. The Hall–Kier alpha value is -3.19. The highest BCUT2D eigenvalue weighted by Gasteiger charge is 2.13. The lowest BCUT2D eigenvalue weighted by Gasteiger charge is -2.04. The van der Waals surface area contributed by atoms with E-state index in [1.165, 1.54) is 19.2 Å². The molecule has 25 heavy (non-hydrogen) atoms. The predicted molar refractivity (Wildman–Crippen MR) is 93.3 cm³/mol. The van der Waals surface area contributed by atoms with Crippen molar-refractivity contribution in [1.29, 1.82) is 0 Å². The van der Waals surface area contributed by atoms with Gasteiger partial charge in [-0.3, -0.25) is 10.1 Å². The Bertz CT molecular complexity index is 953. The van der Waals surface area contributed by atoms with E-state index in [0.29, 0.717) is 27.7 Å². The fourth-order valence-electron chi connectivity index (χ4n) is 2.18. The van der Waals surface area contributed by atoms with Crippen LogP contribution in [0.1, 0.15) is 11.5 Å². The van der Waals surface area contributed by atoms with E-state index in [1.807, 2.05) is 0 Å². The molecular weight excluding hydrogens is 346 g/mol. The van der Waals surface area contributed by atoms with Crippen LogP contribution in [0, 0.1) is 10.1 Å². The van der Waals surface area contributed by atoms with Crippen molar-refractivity contribution in [3.63, 3.8) is 0 Å². The number of nitro groups is 1. The van der Waals surface area contributed by atoms with Gasteiger partial charge in [-0.25, -0.2) is 0 Å². The van der Waals surface area contributed by atoms with Gasteiger partial charge in [0.25, 0.3) is 11.6 Å². The van der Waals surface area contributed by atoms with Crippen LogP contribution in [-0.4, -0.2) is 22.2 Å². The van der Waals surface area contributed by atoms with Gasteiger partial charge in [-0.05, 0) is 29.8 Å². The summed E-state index contributed by atoms with van der Waals surface area (Å²) in [5.41, 5.74) is 1.26. The first kappa shape index (κ1) is 16.7. The van der Waals surface area contributed by atoms with Crippen LogP contribution in [0.4, 0.5) is 5.69 Å². The third-order valence-corrected chi connectivity index (χ3v) is 3.58. The lowest BCUT2D eigenvalue weighted by molar-refractivity contribution is -0.384. The summed E-state index contributed by atoms with van der Waals surface area (Å²) in [6.45, 7) is 0. The minimum atomic E-state index is -0.451. The van der Waals surface area contributed by atoms with Crippen LogP contribution in [0.25, 0.3) is 23.5 Å². The molecule has 0 radical (unpaired) electrons. The van der Waals surface area contributed by atoms with Crippen molar-refractivity contribution in [2.24, 2.45) is 0 Å².